The Hall–Kier alpha value is -2.06. The molecule has 0 aliphatic rings. The first kappa shape index (κ1) is 13.4. The van der Waals surface area contributed by atoms with E-state index in [1.165, 1.54) is 5.56 Å². The lowest BCUT2D eigenvalue weighted by molar-refractivity contribution is 0.214. The first-order valence-corrected chi connectivity index (χ1v) is 6.44. The molecule has 2 aromatic rings. The fourth-order valence-electron chi connectivity index (χ4n) is 1.90. The van der Waals surface area contributed by atoms with Crippen LogP contribution in [0.5, 0.6) is 5.75 Å². The van der Waals surface area contributed by atoms with Gasteiger partial charge in [-0.15, -0.1) is 0 Å². The summed E-state index contributed by atoms with van der Waals surface area (Å²) in [7, 11) is 0. The van der Waals surface area contributed by atoms with Crippen molar-refractivity contribution >= 4 is 6.08 Å². The van der Waals surface area contributed by atoms with Gasteiger partial charge < -0.3 is 10.2 Å². The molecule has 0 aliphatic carbocycles. The van der Waals surface area contributed by atoms with Gasteiger partial charge in [0.1, 0.15) is 5.75 Å². The van der Waals surface area contributed by atoms with Crippen LogP contribution in [0.4, 0.5) is 0 Å². The van der Waals surface area contributed by atoms with Gasteiger partial charge in [0.2, 0.25) is 0 Å². The van der Waals surface area contributed by atoms with Crippen molar-refractivity contribution in [3.8, 4) is 5.75 Å². The molecular formula is C17H18O2. The topological polar surface area (TPSA) is 40.5 Å². The van der Waals surface area contributed by atoms with Crippen molar-refractivity contribution in [2.24, 2.45) is 0 Å². The summed E-state index contributed by atoms with van der Waals surface area (Å²) < 4.78 is 0. The molecule has 19 heavy (non-hydrogen) atoms. The van der Waals surface area contributed by atoms with Crippen LogP contribution in [0, 0.1) is 0 Å². The first-order chi connectivity index (χ1) is 9.25. The average Bonchev–Trinajstić information content (AvgIpc) is 2.45. The van der Waals surface area contributed by atoms with Crippen LogP contribution >= 0.6 is 0 Å². The number of phenolic OH excluding ortho intramolecular Hbond substituents is 1. The summed E-state index contributed by atoms with van der Waals surface area (Å²) in [4.78, 5) is 0. The number of para-hydroxylation sites is 1. The van der Waals surface area contributed by atoms with E-state index in [9.17, 15) is 10.2 Å². The van der Waals surface area contributed by atoms with Crippen molar-refractivity contribution in [2.75, 3.05) is 0 Å². The fraction of sp³-hybridized carbons (Fsp3) is 0.176. The second-order valence-electron chi connectivity index (χ2n) is 4.51. The Kier molecular flexibility index (Phi) is 4.76. The Morgan fingerprint density at radius 2 is 1.63 bits per heavy atom. The minimum atomic E-state index is -0.500. The summed E-state index contributed by atoms with van der Waals surface area (Å²) in [5.74, 6) is 0.231. The number of aliphatic hydroxyl groups is 1. The molecule has 0 saturated carbocycles. The molecule has 0 fully saturated rings. The van der Waals surface area contributed by atoms with E-state index in [0.717, 1.165) is 12.0 Å². The Morgan fingerprint density at radius 3 is 2.37 bits per heavy atom. The molecule has 0 amide bonds. The Morgan fingerprint density at radius 1 is 0.947 bits per heavy atom. The third kappa shape index (κ3) is 4.27. The summed E-state index contributed by atoms with van der Waals surface area (Å²) in [6.07, 6.45) is 4.49. The highest BCUT2D eigenvalue weighted by Crippen LogP contribution is 2.17. The zero-order valence-electron chi connectivity index (χ0n) is 10.7. The zero-order chi connectivity index (χ0) is 13.5. The Bertz CT molecular complexity index is 532. The van der Waals surface area contributed by atoms with Gasteiger partial charge in [-0.25, -0.2) is 0 Å². The predicted octanol–water partition coefficient (Wildman–Crippen LogP) is 3.40. The molecule has 0 saturated heterocycles. The standard InChI is InChI=1S/C17H18O2/c18-16(12-10-14-6-2-1-3-7-14)13-11-15-8-4-5-9-17(15)19/h1-9,11,13,16,18-19H,10,12H2/b13-11-. The highest BCUT2D eigenvalue weighted by molar-refractivity contribution is 5.56. The van der Waals surface area contributed by atoms with Crippen LogP contribution in [0.15, 0.2) is 60.7 Å². The summed E-state index contributed by atoms with van der Waals surface area (Å²) >= 11 is 0. The van der Waals surface area contributed by atoms with Gasteiger partial charge in [-0.05, 0) is 24.5 Å². The van der Waals surface area contributed by atoms with Crippen LogP contribution in [0.2, 0.25) is 0 Å². The third-order valence-electron chi connectivity index (χ3n) is 3.01. The number of aryl methyl sites for hydroxylation is 1. The number of benzene rings is 2. The van der Waals surface area contributed by atoms with E-state index in [-0.39, 0.29) is 5.75 Å². The molecule has 0 radical (unpaired) electrons. The van der Waals surface area contributed by atoms with Crippen molar-refractivity contribution in [1.82, 2.24) is 0 Å². The minimum Gasteiger partial charge on any atom is -0.507 e. The molecule has 1 unspecified atom stereocenters. The smallest absolute Gasteiger partial charge is 0.122 e. The summed E-state index contributed by atoms with van der Waals surface area (Å²) in [6, 6.07) is 17.2. The molecule has 0 heterocycles. The maximum absolute atomic E-state index is 9.89. The number of aliphatic hydroxyl groups excluding tert-OH is 1. The van der Waals surface area contributed by atoms with Crippen LogP contribution in [0.25, 0.3) is 6.08 Å². The Balaban J connectivity index is 1.88. The molecule has 1 atom stereocenters. The van der Waals surface area contributed by atoms with Gasteiger partial charge in [0.15, 0.2) is 0 Å². The molecule has 2 N–H and O–H groups in total. The molecule has 2 rings (SSSR count). The molecule has 98 valence electrons. The van der Waals surface area contributed by atoms with Crippen molar-refractivity contribution in [3.63, 3.8) is 0 Å². The van der Waals surface area contributed by atoms with Crippen molar-refractivity contribution in [3.05, 3.63) is 71.8 Å². The molecule has 0 spiro atoms. The van der Waals surface area contributed by atoms with Crippen molar-refractivity contribution in [1.29, 1.82) is 0 Å². The highest BCUT2D eigenvalue weighted by atomic mass is 16.3. The average molecular weight is 254 g/mol. The van der Waals surface area contributed by atoms with Crippen LogP contribution in [0.1, 0.15) is 17.5 Å². The Labute approximate surface area is 113 Å². The van der Waals surface area contributed by atoms with E-state index in [1.54, 1.807) is 24.3 Å². The van der Waals surface area contributed by atoms with Crippen LogP contribution in [0.3, 0.4) is 0 Å². The van der Waals surface area contributed by atoms with Gasteiger partial charge >= 0.3 is 0 Å². The van der Waals surface area contributed by atoms with Crippen LogP contribution in [-0.2, 0) is 6.42 Å². The zero-order valence-corrected chi connectivity index (χ0v) is 10.7. The summed E-state index contributed by atoms with van der Waals surface area (Å²) in [5, 5.41) is 19.5. The number of hydrogen-bond donors (Lipinski definition) is 2. The van der Waals surface area contributed by atoms with E-state index < -0.39 is 6.10 Å². The lowest BCUT2D eigenvalue weighted by atomic mass is 10.1. The predicted molar refractivity (Wildman–Crippen MR) is 77.9 cm³/mol. The quantitative estimate of drug-likeness (QED) is 0.858. The molecule has 2 heteroatoms. The molecule has 0 aliphatic heterocycles. The van der Waals surface area contributed by atoms with Crippen molar-refractivity contribution in [2.45, 2.75) is 18.9 Å². The maximum Gasteiger partial charge on any atom is 0.122 e. The van der Waals surface area contributed by atoms with Gasteiger partial charge in [-0.3, -0.25) is 0 Å². The lowest BCUT2D eigenvalue weighted by Crippen LogP contribution is -2.03. The van der Waals surface area contributed by atoms with Gasteiger partial charge in [0.05, 0.1) is 6.10 Å². The first-order valence-electron chi connectivity index (χ1n) is 6.44. The molecule has 2 aromatic carbocycles. The third-order valence-corrected chi connectivity index (χ3v) is 3.01. The minimum absolute atomic E-state index is 0.231. The summed E-state index contributed by atoms with van der Waals surface area (Å²) in [6.45, 7) is 0. The van der Waals surface area contributed by atoms with E-state index in [4.69, 9.17) is 0 Å². The molecule has 0 aromatic heterocycles. The number of hydrogen-bond acceptors (Lipinski definition) is 2. The van der Waals surface area contributed by atoms with Crippen LogP contribution in [-0.4, -0.2) is 16.3 Å². The number of rotatable bonds is 5. The van der Waals surface area contributed by atoms with Crippen molar-refractivity contribution < 1.29 is 10.2 Å². The largest absolute Gasteiger partial charge is 0.507 e. The monoisotopic (exact) mass is 254 g/mol. The molecular weight excluding hydrogens is 236 g/mol. The van der Waals surface area contributed by atoms with Gasteiger partial charge in [0, 0.05) is 5.56 Å². The van der Waals surface area contributed by atoms with Gasteiger partial charge in [0.25, 0.3) is 0 Å². The van der Waals surface area contributed by atoms with E-state index in [1.807, 2.05) is 30.3 Å². The molecule has 0 bridgehead atoms. The summed E-state index contributed by atoms with van der Waals surface area (Å²) in [5.41, 5.74) is 1.94. The normalized spacial score (nSPS) is 12.7. The second kappa shape index (κ2) is 6.76. The van der Waals surface area contributed by atoms with E-state index in [2.05, 4.69) is 12.1 Å². The SMILES string of the molecule is Oc1ccccc1/C=C\C(O)CCc1ccccc1. The number of phenols is 1. The van der Waals surface area contributed by atoms with E-state index >= 15 is 0 Å². The lowest BCUT2D eigenvalue weighted by Gasteiger charge is -2.06. The van der Waals surface area contributed by atoms with Gasteiger partial charge in [-0.2, -0.15) is 0 Å². The highest BCUT2D eigenvalue weighted by Gasteiger charge is 2.01. The second-order valence-corrected chi connectivity index (χ2v) is 4.51. The maximum atomic E-state index is 9.89. The van der Waals surface area contributed by atoms with Gasteiger partial charge in [-0.1, -0.05) is 60.7 Å². The fourth-order valence-corrected chi connectivity index (χ4v) is 1.90. The number of aromatic hydroxyl groups is 1. The van der Waals surface area contributed by atoms with E-state index in [0.29, 0.717) is 6.42 Å². The van der Waals surface area contributed by atoms with Crippen LogP contribution < -0.4 is 0 Å². The molecule has 2 nitrogen and oxygen atoms in total.